The summed E-state index contributed by atoms with van der Waals surface area (Å²) >= 11 is 6.07. The van der Waals surface area contributed by atoms with Gasteiger partial charge in [-0.1, -0.05) is 30.5 Å². The van der Waals surface area contributed by atoms with E-state index in [-0.39, 0.29) is 11.7 Å². The molecule has 1 aromatic rings. The zero-order valence-electron chi connectivity index (χ0n) is 10.6. The van der Waals surface area contributed by atoms with Crippen LogP contribution in [0.5, 0.6) is 0 Å². The summed E-state index contributed by atoms with van der Waals surface area (Å²) in [7, 11) is 0. The molecule has 0 radical (unpaired) electrons. The number of nitrogens with zero attached hydrogens (tertiary/aromatic N) is 1. The zero-order valence-corrected chi connectivity index (χ0v) is 11.4. The van der Waals surface area contributed by atoms with Gasteiger partial charge in [-0.15, -0.1) is 0 Å². The molecule has 19 heavy (non-hydrogen) atoms. The van der Waals surface area contributed by atoms with E-state index in [4.69, 9.17) is 17.3 Å². The van der Waals surface area contributed by atoms with E-state index >= 15 is 0 Å². The van der Waals surface area contributed by atoms with Gasteiger partial charge < -0.3 is 11.1 Å². The lowest BCUT2D eigenvalue weighted by Gasteiger charge is -2.24. The molecule has 1 aliphatic rings. The summed E-state index contributed by atoms with van der Waals surface area (Å²) in [4.78, 5) is 10.6. The van der Waals surface area contributed by atoms with Crippen LogP contribution in [-0.4, -0.2) is 17.5 Å². The van der Waals surface area contributed by atoms with Crippen molar-refractivity contribution >= 4 is 23.0 Å². The van der Waals surface area contributed by atoms with E-state index in [1.807, 2.05) is 0 Å². The van der Waals surface area contributed by atoms with Crippen LogP contribution in [0.4, 0.5) is 11.4 Å². The van der Waals surface area contributed by atoms with E-state index in [0.29, 0.717) is 23.2 Å². The van der Waals surface area contributed by atoms with Crippen molar-refractivity contribution in [1.29, 1.82) is 0 Å². The first kappa shape index (κ1) is 14.1. The minimum absolute atomic E-state index is 0.00365. The Balaban J connectivity index is 2.23. The molecule has 6 heteroatoms. The molecule has 0 aromatic heterocycles. The molecule has 1 unspecified atom stereocenters. The molecule has 3 N–H and O–H groups in total. The second-order valence-electron chi connectivity index (χ2n) is 4.92. The monoisotopic (exact) mass is 283 g/mol. The molecule has 1 saturated carbocycles. The lowest BCUT2D eigenvalue weighted by molar-refractivity contribution is -0.384. The number of hydrogen-bond acceptors (Lipinski definition) is 4. The van der Waals surface area contributed by atoms with Gasteiger partial charge in [-0.05, 0) is 24.8 Å². The maximum absolute atomic E-state index is 11.0. The summed E-state index contributed by atoms with van der Waals surface area (Å²) in [5.41, 5.74) is 6.19. The number of anilines is 1. The lowest BCUT2D eigenvalue weighted by Crippen LogP contribution is -2.35. The van der Waals surface area contributed by atoms with Gasteiger partial charge in [0.2, 0.25) is 0 Å². The molecule has 5 nitrogen and oxygen atoms in total. The average Bonchev–Trinajstić information content (AvgIpc) is 2.90. The lowest BCUT2D eigenvalue weighted by atomic mass is 9.98. The number of halogens is 1. The van der Waals surface area contributed by atoms with Crippen molar-refractivity contribution in [2.24, 2.45) is 11.7 Å². The second-order valence-corrected chi connectivity index (χ2v) is 5.33. The highest BCUT2D eigenvalue weighted by molar-refractivity contribution is 6.33. The number of nitro groups is 1. The van der Waals surface area contributed by atoms with Gasteiger partial charge in [0.1, 0.15) is 5.69 Å². The molecular formula is C13H18ClN3O2. The Hall–Kier alpha value is -1.33. The molecule has 1 aliphatic carbocycles. The van der Waals surface area contributed by atoms with Crippen LogP contribution < -0.4 is 11.1 Å². The van der Waals surface area contributed by atoms with E-state index < -0.39 is 4.92 Å². The van der Waals surface area contributed by atoms with Gasteiger partial charge in [-0.3, -0.25) is 10.1 Å². The van der Waals surface area contributed by atoms with Gasteiger partial charge in [0.05, 0.1) is 9.95 Å². The number of nitrogens with one attached hydrogen (secondary N) is 1. The van der Waals surface area contributed by atoms with Crippen LogP contribution in [0.3, 0.4) is 0 Å². The first-order valence-electron chi connectivity index (χ1n) is 6.53. The third-order valence-corrected chi connectivity index (χ3v) is 4.06. The maximum Gasteiger partial charge on any atom is 0.293 e. The van der Waals surface area contributed by atoms with Crippen molar-refractivity contribution < 1.29 is 4.92 Å². The van der Waals surface area contributed by atoms with E-state index in [9.17, 15) is 10.1 Å². The van der Waals surface area contributed by atoms with E-state index in [1.54, 1.807) is 12.1 Å². The maximum atomic E-state index is 11.0. The fourth-order valence-corrected chi connectivity index (χ4v) is 2.95. The Morgan fingerprint density at radius 2 is 2.16 bits per heavy atom. The van der Waals surface area contributed by atoms with Crippen molar-refractivity contribution in [3.05, 3.63) is 33.3 Å². The summed E-state index contributed by atoms with van der Waals surface area (Å²) in [6.45, 7) is 0.451. The molecule has 1 fully saturated rings. The Bertz CT molecular complexity index is 461. The molecule has 1 aromatic carbocycles. The predicted octanol–water partition coefficient (Wildman–Crippen LogP) is 3.18. The number of rotatable bonds is 5. The van der Waals surface area contributed by atoms with E-state index in [0.717, 1.165) is 12.8 Å². The van der Waals surface area contributed by atoms with Crippen molar-refractivity contribution in [1.82, 2.24) is 0 Å². The zero-order chi connectivity index (χ0) is 13.8. The minimum Gasteiger partial charge on any atom is -0.374 e. The van der Waals surface area contributed by atoms with Gasteiger partial charge in [0.25, 0.3) is 5.69 Å². The molecule has 0 saturated heterocycles. The number of nitro benzene ring substituents is 1. The summed E-state index contributed by atoms with van der Waals surface area (Å²) in [5.74, 6) is 0.473. The van der Waals surface area contributed by atoms with Crippen molar-refractivity contribution in [3.63, 3.8) is 0 Å². The fourth-order valence-electron chi connectivity index (χ4n) is 2.72. The van der Waals surface area contributed by atoms with Gasteiger partial charge in [0.15, 0.2) is 0 Å². The molecule has 104 valence electrons. The Morgan fingerprint density at radius 1 is 1.47 bits per heavy atom. The average molecular weight is 284 g/mol. The molecular weight excluding hydrogens is 266 g/mol. The highest BCUT2D eigenvalue weighted by Gasteiger charge is 2.27. The van der Waals surface area contributed by atoms with Gasteiger partial charge >= 0.3 is 0 Å². The van der Waals surface area contributed by atoms with Gasteiger partial charge in [0, 0.05) is 18.7 Å². The normalized spacial score (nSPS) is 17.4. The van der Waals surface area contributed by atoms with Crippen molar-refractivity contribution in [2.75, 3.05) is 11.9 Å². The first-order chi connectivity index (χ1) is 9.13. The van der Waals surface area contributed by atoms with Crippen LogP contribution in [-0.2, 0) is 0 Å². The smallest absolute Gasteiger partial charge is 0.293 e. The second kappa shape index (κ2) is 6.21. The van der Waals surface area contributed by atoms with Crippen LogP contribution in [0, 0.1) is 16.0 Å². The van der Waals surface area contributed by atoms with Crippen LogP contribution in [0.25, 0.3) is 0 Å². The molecule has 1 atom stereocenters. The predicted molar refractivity (Wildman–Crippen MR) is 76.5 cm³/mol. The van der Waals surface area contributed by atoms with Crippen LogP contribution in [0.15, 0.2) is 18.2 Å². The Kier molecular flexibility index (Phi) is 4.61. The largest absolute Gasteiger partial charge is 0.374 e. The first-order valence-corrected chi connectivity index (χ1v) is 6.90. The molecule has 0 amide bonds. The Morgan fingerprint density at radius 3 is 2.74 bits per heavy atom. The van der Waals surface area contributed by atoms with Crippen molar-refractivity contribution in [2.45, 2.75) is 31.7 Å². The van der Waals surface area contributed by atoms with Gasteiger partial charge in [-0.25, -0.2) is 0 Å². The molecule has 0 heterocycles. The van der Waals surface area contributed by atoms with Crippen LogP contribution >= 0.6 is 11.6 Å². The number of benzene rings is 1. The number of nitrogens with two attached hydrogens (primary N) is 1. The third-order valence-electron chi connectivity index (χ3n) is 3.74. The minimum atomic E-state index is -0.420. The highest BCUT2D eigenvalue weighted by Crippen LogP contribution is 2.35. The number of para-hydroxylation sites is 1. The fraction of sp³-hybridized carbons (Fsp3) is 0.538. The quantitative estimate of drug-likeness (QED) is 0.642. The van der Waals surface area contributed by atoms with Crippen LogP contribution in [0.1, 0.15) is 25.7 Å². The summed E-state index contributed by atoms with van der Waals surface area (Å²) in [6, 6.07) is 4.73. The summed E-state index contributed by atoms with van der Waals surface area (Å²) < 4.78 is 0. The summed E-state index contributed by atoms with van der Waals surface area (Å²) in [5, 5.41) is 14.6. The molecule has 2 rings (SSSR count). The SMILES string of the molecule is NCC(Nc1c(Cl)cccc1[N+](=O)[O-])C1CCCC1. The summed E-state index contributed by atoms with van der Waals surface area (Å²) in [6.07, 6.45) is 4.64. The highest BCUT2D eigenvalue weighted by atomic mass is 35.5. The standard InChI is InChI=1S/C13H18ClN3O2/c14-10-6-3-7-12(17(18)19)13(10)16-11(8-15)9-4-1-2-5-9/h3,6-7,9,11,16H,1-2,4-5,8,15H2. The topological polar surface area (TPSA) is 81.2 Å². The Labute approximate surface area is 117 Å². The van der Waals surface area contributed by atoms with Crippen LogP contribution in [0.2, 0.25) is 5.02 Å². The van der Waals surface area contributed by atoms with Crippen molar-refractivity contribution in [3.8, 4) is 0 Å². The molecule has 0 bridgehead atoms. The number of hydrogen-bond donors (Lipinski definition) is 2. The van der Waals surface area contributed by atoms with Gasteiger partial charge in [-0.2, -0.15) is 0 Å². The molecule has 0 spiro atoms. The third kappa shape index (κ3) is 3.16. The van der Waals surface area contributed by atoms with E-state index in [2.05, 4.69) is 5.32 Å². The molecule has 0 aliphatic heterocycles. The van der Waals surface area contributed by atoms with E-state index in [1.165, 1.54) is 18.9 Å².